The van der Waals surface area contributed by atoms with Crippen molar-refractivity contribution in [1.82, 2.24) is 9.78 Å². The second-order valence-electron chi connectivity index (χ2n) is 3.98. The molecule has 0 bridgehead atoms. The number of methoxy groups -OCH3 is 1. The number of rotatable bonds is 5. The minimum atomic E-state index is 0.590. The number of aryl methyl sites for hydroxylation is 1. The zero-order valence-electron chi connectivity index (χ0n) is 10.7. The van der Waals surface area contributed by atoms with Crippen molar-refractivity contribution in [3.63, 3.8) is 0 Å². The van der Waals surface area contributed by atoms with Crippen molar-refractivity contribution in [3.8, 4) is 17.0 Å². The molecule has 3 N–H and O–H groups in total. The Kier molecular flexibility index (Phi) is 3.84. The van der Waals surface area contributed by atoms with Gasteiger partial charge in [0.05, 0.1) is 24.7 Å². The van der Waals surface area contributed by atoms with Gasteiger partial charge in [0.25, 0.3) is 0 Å². The molecular weight excluding hydrogens is 228 g/mol. The monoisotopic (exact) mass is 246 g/mol. The van der Waals surface area contributed by atoms with E-state index >= 15 is 0 Å². The van der Waals surface area contributed by atoms with Gasteiger partial charge in [-0.3, -0.25) is 4.68 Å². The van der Waals surface area contributed by atoms with Gasteiger partial charge in [0.15, 0.2) is 0 Å². The summed E-state index contributed by atoms with van der Waals surface area (Å²) in [4.78, 5) is 0. The zero-order chi connectivity index (χ0) is 13.0. The van der Waals surface area contributed by atoms with Crippen LogP contribution < -0.4 is 15.8 Å². The largest absolute Gasteiger partial charge is 0.497 e. The van der Waals surface area contributed by atoms with E-state index in [0.29, 0.717) is 6.54 Å². The van der Waals surface area contributed by atoms with Crippen molar-refractivity contribution in [1.29, 1.82) is 0 Å². The Morgan fingerprint density at radius 3 is 3.00 bits per heavy atom. The molecule has 2 rings (SSSR count). The smallest absolute Gasteiger partial charge is 0.119 e. The average molecular weight is 246 g/mol. The Balaban J connectivity index is 2.38. The SMILES string of the molecule is COc1cccc(-c2c(NCCN)cnn2C)c1. The second-order valence-corrected chi connectivity index (χ2v) is 3.98. The third-order valence-corrected chi connectivity index (χ3v) is 2.74. The van der Waals surface area contributed by atoms with Gasteiger partial charge in [-0.15, -0.1) is 0 Å². The molecule has 0 saturated heterocycles. The Bertz CT molecular complexity index is 521. The molecule has 0 unspecified atom stereocenters. The summed E-state index contributed by atoms with van der Waals surface area (Å²) < 4.78 is 7.08. The quantitative estimate of drug-likeness (QED) is 0.838. The molecule has 5 heteroatoms. The molecule has 0 radical (unpaired) electrons. The maximum atomic E-state index is 5.51. The van der Waals surface area contributed by atoms with E-state index in [1.54, 1.807) is 7.11 Å². The standard InChI is InChI=1S/C13H18N4O/c1-17-13(12(9-16-17)15-7-6-14)10-4-3-5-11(8-10)18-2/h3-5,8-9,15H,6-7,14H2,1-2H3. The maximum absolute atomic E-state index is 5.51. The van der Waals surface area contributed by atoms with E-state index in [1.165, 1.54) is 0 Å². The number of nitrogens with two attached hydrogens (primary N) is 1. The molecule has 2 aromatic rings. The summed E-state index contributed by atoms with van der Waals surface area (Å²) >= 11 is 0. The van der Waals surface area contributed by atoms with Gasteiger partial charge >= 0.3 is 0 Å². The van der Waals surface area contributed by atoms with E-state index in [-0.39, 0.29) is 0 Å². The molecule has 0 fully saturated rings. The molecule has 0 aliphatic carbocycles. The highest BCUT2D eigenvalue weighted by Gasteiger charge is 2.10. The molecule has 0 aliphatic rings. The number of hydrogen-bond donors (Lipinski definition) is 2. The summed E-state index contributed by atoms with van der Waals surface area (Å²) in [7, 11) is 3.58. The second kappa shape index (κ2) is 5.55. The Morgan fingerprint density at radius 2 is 2.28 bits per heavy atom. The number of hydrogen-bond acceptors (Lipinski definition) is 4. The summed E-state index contributed by atoms with van der Waals surface area (Å²) in [5.74, 6) is 0.832. The topological polar surface area (TPSA) is 65.1 Å². The van der Waals surface area contributed by atoms with E-state index in [9.17, 15) is 0 Å². The predicted molar refractivity (Wildman–Crippen MR) is 72.7 cm³/mol. The van der Waals surface area contributed by atoms with Crippen LogP contribution in [0.5, 0.6) is 5.75 Å². The van der Waals surface area contributed by atoms with Gasteiger partial charge in [-0.05, 0) is 12.1 Å². The number of anilines is 1. The highest BCUT2D eigenvalue weighted by molar-refractivity contribution is 5.75. The van der Waals surface area contributed by atoms with Gasteiger partial charge < -0.3 is 15.8 Å². The summed E-state index contributed by atoms with van der Waals surface area (Å²) in [6, 6.07) is 7.92. The van der Waals surface area contributed by atoms with Crippen molar-refractivity contribution < 1.29 is 4.74 Å². The van der Waals surface area contributed by atoms with E-state index in [1.807, 2.05) is 42.2 Å². The molecule has 0 amide bonds. The van der Waals surface area contributed by atoms with E-state index in [0.717, 1.165) is 29.2 Å². The van der Waals surface area contributed by atoms with Gasteiger partial charge in [0, 0.05) is 25.7 Å². The lowest BCUT2D eigenvalue weighted by Gasteiger charge is -2.09. The molecule has 1 aromatic heterocycles. The van der Waals surface area contributed by atoms with Crippen LogP contribution in [0.25, 0.3) is 11.3 Å². The fraction of sp³-hybridized carbons (Fsp3) is 0.308. The number of benzene rings is 1. The van der Waals surface area contributed by atoms with Crippen LogP contribution in [-0.4, -0.2) is 30.0 Å². The van der Waals surface area contributed by atoms with Crippen LogP contribution in [0.3, 0.4) is 0 Å². The van der Waals surface area contributed by atoms with Crippen LogP contribution in [0.1, 0.15) is 0 Å². The first kappa shape index (κ1) is 12.4. The normalized spacial score (nSPS) is 10.4. The Morgan fingerprint density at radius 1 is 1.44 bits per heavy atom. The van der Waals surface area contributed by atoms with Crippen molar-refractivity contribution in [2.45, 2.75) is 0 Å². The zero-order valence-corrected chi connectivity index (χ0v) is 10.7. The van der Waals surface area contributed by atoms with Gasteiger partial charge in [-0.1, -0.05) is 12.1 Å². The minimum absolute atomic E-state index is 0.590. The minimum Gasteiger partial charge on any atom is -0.497 e. The molecule has 1 aromatic carbocycles. The number of nitrogens with one attached hydrogen (secondary N) is 1. The first-order valence-electron chi connectivity index (χ1n) is 5.86. The fourth-order valence-corrected chi connectivity index (χ4v) is 1.89. The molecular formula is C13H18N4O. The lowest BCUT2D eigenvalue weighted by atomic mass is 10.1. The molecule has 96 valence electrons. The van der Waals surface area contributed by atoms with Crippen molar-refractivity contribution in [2.75, 3.05) is 25.5 Å². The van der Waals surface area contributed by atoms with E-state index in [4.69, 9.17) is 10.5 Å². The van der Waals surface area contributed by atoms with Gasteiger partial charge in [-0.2, -0.15) is 5.10 Å². The third-order valence-electron chi connectivity index (χ3n) is 2.74. The van der Waals surface area contributed by atoms with Crippen molar-refractivity contribution in [2.24, 2.45) is 12.8 Å². The molecule has 0 saturated carbocycles. The Labute approximate surface area is 107 Å². The molecule has 18 heavy (non-hydrogen) atoms. The average Bonchev–Trinajstić information content (AvgIpc) is 2.77. The summed E-state index contributed by atoms with van der Waals surface area (Å²) in [5.41, 5.74) is 8.58. The van der Waals surface area contributed by atoms with E-state index in [2.05, 4.69) is 10.4 Å². The fourth-order valence-electron chi connectivity index (χ4n) is 1.89. The summed E-state index contributed by atoms with van der Waals surface area (Å²) in [5, 5.41) is 7.54. The molecule has 0 atom stereocenters. The van der Waals surface area contributed by atoms with Crippen LogP contribution in [-0.2, 0) is 7.05 Å². The van der Waals surface area contributed by atoms with E-state index < -0.39 is 0 Å². The lowest BCUT2D eigenvalue weighted by Crippen LogP contribution is -2.13. The van der Waals surface area contributed by atoms with Crippen LogP contribution in [0.2, 0.25) is 0 Å². The van der Waals surface area contributed by atoms with Crippen molar-refractivity contribution >= 4 is 5.69 Å². The first-order valence-corrected chi connectivity index (χ1v) is 5.86. The predicted octanol–water partition coefficient (Wildman–Crippen LogP) is 1.47. The molecule has 5 nitrogen and oxygen atoms in total. The van der Waals surface area contributed by atoms with Gasteiger partial charge in [0.1, 0.15) is 5.75 Å². The van der Waals surface area contributed by atoms with Crippen LogP contribution in [0.4, 0.5) is 5.69 Å². The number of nitrogens with zero attached hydrogens (tertiary/aromatic N) is 2. The lowest BCUT2D eigenvalue weighted by molar-refractivity contribution is 0.415. The molecule has 1 heterocycles. The van der Waals surface area contributed by atoms with Crippen LogP contribution in [0, 0.1) is 0 Å². The third kappa shape index (κ3) is 2.46. The molecule has 0 aliphatic heterocycles. The number of aromatic nitrogens is 2. The van der Waals surface area contributed by atoms with Gasteiger partial charge in [0.2, 0.25) is 0 Å². The highest BCUT2D eigenvalue weighted by Crippen LogP contribution is 2.29. The molecule has 0 spiro atoms. The van der Waals surface area contributed by atoms with Crippen LogP contribution in [0.15, 0.2) is 30.5 Å². The first-order chi connectivity index (χ1) is 8.76. The number of ether oxygens (including phenoxy) is 1. The Hall–Kier alpha value is -2.01. The van der Waals surface area contributed by atoms with Gasteiger partial charge in [-0.25, -0.2) is 0 Å². The van der Waals surface area contributed by atoms with Crippen molar-refractivity contribution in [3.05, 3.63) is 30.5 Å². The maximum Gasteiger partial charge on any atom is 0.119 e. The summed E-state index contributed by atoms with van der Waals surface area (Å²) in [6.45, 7) is 1.31. The summed E-state index contributed by atoms with van der Waals surface area (Å²) in [6.07, 6.45) is 1.81. The highest BCUT2D eigenvalue weighted by atomic mass is 16.5. The van der Waals surface area contributed by atoms with Crippen LogP contribution >= 0.6 is 0 Å².